The van der Waals surface area contributed by atoms with Gasteiger partial charge in [-0.1, -0.05) is 72.8 Å². The lowest BCUT2D eigenvalue weighted by Crippen LogP contribution is -2.22. The monoisotopic (exact) mass is 1030 g/mol. The van der Waals surface area contributed by atoms with Crippen molar-refractivity contribution in [2.45, 2.75) is 6.42 Å². The van der Waals surface area contributed by atoms with Gasteiger partial charge < -0.3 is 31.1 Å². The summed E-state index contributed by atoms with van der Waals surface area (Å²) in [6, 6.07) is 41.1. The summed E-state index contributed by atoms with van der Waals surface area (Å²) in [4.78, 5) is 9.55. The summed E-state index contributed by atoms with van der Waals surface area (Å²) in [6.45, 7) is 0. The molecule has 0 amide bonds. The van der Waals surface area contributed by atoms with Crippen molar-refractivity contribution in [3.05, 3.63) is 133 Å². The van der Waals surface area contributed by atoms with Gasteiger partial charge in [-0.25, -0.2) is 26.8 Å². The van der Waals surface area contributed by atoms with Crippen LogP contribution in [0.25, 0.3) is 43.6 Å². The van der Waals surface area contributed by atoms with E-state index in [1.165, 1.54) is 14.2 Å². The molecule has 2 heterocycles. The number of ether oxygens (including phenoxy) is 2. The summed E-state index contributed by atoms with van der Waals surface area (Å²) in [5, 5.41) is 10.6. The molecular formula is C45H50N6O14S4. The molecule has 0 atom stereocenters. The predicted octanol–water partition coefficient (Wildman–Crippen LogP) is 6.53. The molecule has 10 N–H and O–H groups in total. The van der Waals surface area contributed by atoms with E-state index < -0.39 is 51.8 Å². The molecule has 0 bridgehead atoms. The zero-order chi connectivity index (χ0) is 48.6. The number of pyridine rings is 2. The van der Waals surface area contributed by atoms with E-state index in [0.717, 1.165) is 55.0 Å². The van der Waals surface area contributed by atoms with Crippen molar-refractivity contribution >= 4 is 118 Å². The lowest BCUT2D eigenvalue weighted by atomic mass is 10.1. The van der Waals surface area contributed by atoms with E-state index in [0.29, 0.717) is 35.4 Å². The number of hydrogen-bond acceptors (Lipinski definition) is 14. The van der Waals surface area contributed by atoms with Gasteiger partial charge in [-0.3, -0.25) is 18.5 Å². The number of fused-ring (bicyclic) bond motifs is 4. The van der Waals surface area contributed by atoms with Gasteiger partial charge in [0.05, 0.1) is 94.4 Å². The summed E-state index contributed by atoms with van der Waals surface area (Å²) in [5.74, 6) is -0.0339. The third-order valence-electron chi connectivity index (χ3n) is 9.47. The van der Waals surface area contributed by atoms with Crippen LogP contribution in [0.1, 0.15) is 6.42 Å². The van der Waals surface area contributed by atoms with Crippen LogP contribution in [0.4, 0.5) is 34.1 Å². The minimum absolute atomic E-state index is 0. The SMILES string of the molecule is COc1cc(NS(=O)(=O)CCCS(=O)(=O)Nc2ccc(Nc3c4ccccc4nc4ccccc34)c(OC)c2)ccc1Nc1c2ccccc2nc2ccccc12.CS(=O)(=O)O.CS(=O)(=O)O.O.O. The first-order chi connectivity index (χ1) is 31.6. The molecule has 0 aliphatic heterocycles. The maximum absolute atomic E-state index is 13.1. The summed E-state index contributed by atoms with van der Waals surface area (Å²) in [6.07, 6.45) is 1.28. The molecule has 368 valence electrons. The zero-order valence-corrected chi connectivity index (χ0v) is 40.6. The van der Waals surface area contributed by atoms with E-state index in [4.69, 9.17) is 28.5 Å². The Bertz CT molecular complexity index is 3210. The van der Waals surface area contributed by atoms with E-state index in [1.807, 2.05) is 97.1 Å². The molecule has 24 heteroatoms. The van der Waals surface area contributed by atoms with E-state index in [9.17, 15) is 33.7 Å². The van der Waals surface area contributed by atoms with Crippen molar-refractivity contribution in [3.8, 4) is 11.5 Å². The van der Waals surface area contributed by atoms with Crippen LogP contribution in [-0.2, 0) is 40.3 Å². The van der Waals surface area contributed by atoms with Crippen molar-refractivity contribution < 1.29 is 63.2 Å². The van der Waals surface area contributed by atoms with Gasteiger partial charge in [-0.2, -0.15) is 16.8 Å². The highest BCUT2D eigenvalue weighted by Crippen LogP contribution is 2.39. The topological polar surface area (TPSA) is 332 Å². The molecule has 8 rings (SSSR count). The minimum atomic E-state index is -3.92. The maximum Gasteiger partial charge on any atom is 0.261 e. The quantitative estimate of drug-likeness (QED) is 0.0498. The maximum atomic E-state index is 13.1. The van der Waals surface area contributed by atoms with Crippen LogP contribution in [0.3, 0.4) is 0 Å². The Hall–Kier alpha value is -6.90. The molecule has 0 aliphatic rings. The molecule has 6 aromatic carbocycles. The number of anilines is 6. The molecule has 2 aromatic heterocycles. The summed E-state index contributed by atoms with van der Waals surface area (Å²) in [5.41, 5.74) is 6.80. The van der Waals surface area contributed by atoms with Crippen LogP contribution >= 0.6 is 0 Å². The minimum Gasteiger partial charge on any atom is -0.494 e. The number of aromatic nitrogens is 2. The van der Waals surface area contributed by atoms with Crippen molar-refractivity contribution in [3.63, 3.8) is 0 Å². The van der Waals surface area contributed by atoms with Gasteiger partial charge in [-0.15, -0.1) is 0 Å². The number of para-hydroxylation sites is 4. The van der Waals surface area contributed by atoms with Crippen LogP contribution in [0.5, 0.6) is 11.5 Å². The standard InChI is InChI=1S/C43H38N6O6S2.2CH4O3S.2H2O/c1-54-40-26-28(20-22-38(40)46-42-30-12-3-7-16-34(30)44-35-17-8-4-13-31(35)42)48-56(50,51)24-11-25-57(52,53)49-29-21-23-39(41(27-29)55-2)47-43-32-14-5-9-18-36(32)45-37-19-10-6-15-33(37)43;2*1-5(2,3)4;;/h3-10,12-23,26-27,48-49H,11,24-25H2,1-2H3,(H,44,46)(H,45,47);2*1H3,(H,2,3,4);2*1H2. The second kappa shape index (κ2) is 22.9. The number of nitrogens with zero attached hydrogens (tertiary/aromatic N) is 2. The number of methoxy groups -OCH3 is 2. The highest BCUT2D eigenvalue weighted by Gasteiger charge is 2.19. The fourth-order valence-corrected chi connectivity index (χ4v) is 9.24. The molecule has 0 spiro atoms. The second-order valence-electron chi connectivity index (χ2n) is 14.8. The molecule has 0 fully saturated rings. The highest BCUT2D eigenvalue weighted by atomic mass is 32.2. The molecule has 0 radical (unpaired) electrons. The molecule has 0 aliphatic carbocycles. The molecule has 0 saturated heterocycles. The highest BCUT2D eigenvalue weighted by molar-refractivity contribution is 7.93. The third kappa shape index (κ3) is 15.6. The van der Waals surface area contributed by atoms with Crippen molar-refractivity contribution in [1.82, 2.24) is 9.97 Å². The number of sulfonamides is 2. The third-order valence-corrected chi connectivity index (χ3v) is 12.2. The fourth-order valence-electron chi connectivity index (χ4n) is 6.83. The Kier molecular flexibility index (Phi) is 18.2. The molecule has 20 nitrogen and oxygen atoms in total. The van der Waals surface area contributed by atoms with Crippen LogP contribution in [0.2, 0.25) is 0 Å². The van der Waals surface area contributed by atoms with E-state index >= 15 is 0 Å². The first kappa shape index (κ1) is 54.7. The van der Waals surface area contributed by atoms with Gasteiger partial charge >= 0.3 is 0 Å². The summed E-state index contributed by atoms with van der Waals surface area (Å²) in [7, 11) is -12.2. The largest absolute Gasteiger partial charge is 0.494 e. The molecule has 0 unspecified atom stereocenters. The van der Waals surface area contributed by atoms with Crippen LogP contribution in [-0.4, -0.2) is 102 Å². The normalized spacial score (nSPS) is 11.4. The van der Waals surface area contributed by atoms with E-state index in [1.54, 1.807) is 36.4 Å². The Balaban J connectivity index is 0.000000786. The number of nitrogens with one attached hydrogen (secondary N) is 4. The number of benzene rings is 6. The first-order valence-corrected chi connectivity index (χ1v) is 26.9. The van der Waals surface area contributed by atoms with Crippen molar-refractivity contribution in [1.29, 1.82) is 0 Å². The van der Waals surface area contributed by atoms with Crippen LogP contribution in [0.15, 0.2) is 133 Å². The lowest BCUT2D eigenvalue weighted by molar-refractivity contribution is 0.417. The van der Waals surface area contributed by atoms with E-state index in [2.05, 4.69) is 20.1 Å². The van der Waals surface area contributed by atoms with E-state index in [-0.39, 0.29) is 28.7 Å². The predicted molar refractivity (Wildman–Crippen MR) is 273 cm³/mol. The zero-order valence-electron chi connectivity index (χ0n) is 37.3. The van der Waals surface area contributed by atoms with Crippen LogP contribution in [0, 0.1) is 0 Å². The molecule has 8 aromatic rings. The average Bonchev–Trinajstić information content (AvgIpc) is 3.25. The number of hydrogen-bond donors (Lipinski definition) is 6. The van der Waals surface area contributed by atoms with Crippen molar-refractivity contribution in [2.75, 3.05) is 58.3 Å². The smallest absolute Gasteiger partial charge is 0.261 e. The van der Waals surface area contributed by atoms with Gasteiger partial charge in [0.2, 0.25) is 20.0 Å². The molecular weight excluding hydrogens is 977 g/mol. The lowest BCUT2D eigenvalue weighted by Gasteiger charge is -2.17. The van der Waals surface area contributed by atoms with Gasteiger partial charge in [0.25, 0.3) is 20.2 Å². The first-order valence-electron chi connectivity index (χ1n) is 19.9. The Morgan fingerprint density at radius 1 is 0.464 bits per heavy atom. The second-order valence-corrected chi connectivity index (χ2v) is 21.4. The number of rotatable bonds is 14. The summed E-state index contributed by atoms with van der Waals surface area (Å²) >= 11 is 0. The van der Waals surface area contributed by atoms with Gasteiger partial charge in [0, 0.05) is 33.7 Å². The molecule has 69 heavy (non-hydrogen) atoms. The van der Waals surface area contributed by atoms with Gasteiger partial charge in [0.1, 0.15) is 11.5 Å². The van der Waals surface area contributed by atoms with Crippen molar-refractivity contribution in [2.24, 2.45) is 0 Å². The average molecular weight is 1030 g/mol. The Labute approximate surface area is 399 Å². The van der Waals surface area contributed by atoms with Gasteiger partial charge in [0.15, 0.2) is 0 Å². The Morgan fingerprint density at radius 3 is 1.01 bits per heavy atom. The summed E-state index contributed by atoms with van der Waals surface area (Å²) < 4.78 is 121. The van der Waals surface area contributed by atoms with Crippen LogP contribution < -0.4 is 29.6 Å². The van der Waals surface area contributed by atoms with Gasteiger partial charge in [-0.05, 0) is 55.0 Å². The Morgan fingerprint density at radius 2 is 0.739 bits per heavy atom. The molecule has 0 saturated carbocycles. The fraction of sp³-hybridized carbons (Fsp3) is 0.156.